The Morgan fingerprint density at radius 1 is 1.48 bits per heavy atom. The van der Waals surface area contributed by atoms with Crippen LogP contribution in [0.5, 0.6) is 5.75 Å². The lowest BCUT2D eigenvalue weighted by Crippen LogP contribution is -2.45. The number of amides is 2. The molecule has 2 rings (SSSR count). The Morgan fingerprint density at radius 2 is 2.24 bits per heavy atom. The van der Waals surface area contributed by atoms with Crippen LogP contribution in [0.25, 0.3) is 0 Å². The van der Waals surface area contributed by atoms with E-state index in [0.29, 0.717) is 13.0 Å². The third kappa shape index (κ3) is 3.87. The van der Waals surface area contributed by atoms with Gasteiger partial charge in [0.15, 0.2) is 0 Å². The van der Waals surface area contributed by atoms with Gasteiger partial charge < -0.3 is 20.5 Å². The molecule has 21 heavy (non-hydrogen) atoms. The van der Waals surface area contributed by atoms with Crippen LogP contribution in [0.15, 0.2) is 16.6 Å². The van der Waals surface area contributed by atoms with Crippen molar-refractivity contribution in [2.45, 2.75) is 32.4 Å². The van der Waals surface area contributed by atoms with Gasteiger partial charge in [-0.25, -0.2) is 9.59 Å². The van der Waals surface area contributed by atoms with E-state index in [1.54, 1.807) is 6.92 Å². The molecular weight excluding hydrogens is 340 g/mol. The average molecular weight is 357 g/mol. The number of carbonyl (C=O) groups is 2. The molecule has 0 aromatic heterocycles. The van der Waals surface area contributed by atoms with Crippen LogP contribution in [0.2, 0.25) is 0 Å². The van der Waals surface area contributed by atoms with Gasteiger partial charge in [0.2, 0.25) is 0 Å². The summed E-state index contributed by atoms with van der Waals surface area (Å²) in [6.07, 6.45) is 1.18. The molecular formula is C14H17BrN2O4. The summed E-state index contributed by atoms with van der Waals surface area (Å²) in [5, 5.41) is 14.0. The SMILES string of the molecule is CC[C@@H](NC(=O)NCc1cc(Br)cc2c1OCC2)C(=O)O. The van der Waals surface area contributed by atoms with Gasteiger partial charge in [0.05, 0.1) is 6.61 Å². The second-order valence-electron chi connectivity index (χ2n) is 4.78. The number of aliphatic carboxylic acids is 1. The molecule has 0 fully saturated rings. The first-order chi connectivity index (χ1) is 10.0. The standard InChI is InChI=1S/C14H17BrN2O4/c1-2-11(13(18)19)17-14(20)16-7-9-6-10(15)5-8-3-4-21-12(8)9/h5-6,11H,2-4,7H2,1H3,(H,18,19)(H2,16,17,20)/t11-/m1/s1. The molecule has 0 saturated carbocycles. The summed E-state index contributed by atoms with van der Waals surface area (Å²) in [5.41, 5.74) is 1.98. The highest BCUT2D eigenvalue weighted by Gasteiger charge is 2.20. The molecule has 0 unspecified atom stereocenters. The second-order valence-corrected chi connectivity index (χ2v) is 5.69. The third-order valence-corrected chi connectivity index (χ3v) is 3.73. The molecule has 1 aromatic rings. The van der Waals surface area contributed by atoms with E-state index < -0.39 is 18.0 Å². The zero-order chi connectivity index (χ0) is 15.4. The monoisotopic (exact) mass is 356 g/mol. The van der Waals surface area contributed by atoms with Crippen LogP contribution in [0.3, 0.4) is 0 Å². The summed E-state index contributed by atoms with van der Waals surface area (Å²) in [6, 6.07) is 2.51. The van der Waals surface area contributed by atoms with E-state index in [-0.39, 0.29) is 6.54 Å². The van der Waals surface area contributed by atoms with E-state index in [1.807, 2.05) is 12.1 Å². The van der Waals surface area contributed by atoms with E-state index in [1.165, 1.54) is 0 Å². The number of carboxylic acid groups (broad SMARTS) is 1. The number of hydrogen-bond acceptors (Lipinski definition) is 3. The number of rotatable bonds is 5. The van der Waals surface area contributed by atoms with E-state index in [4.69, 9.17) is 9.84 Å². The van der Waals surface area contributed by atoms with Crippen LogP contribution in [-0.4, -0.2) is 29.8 Å². The number of urea groups is 1. The number of hydrogen-bond donors (Lipinski definition) is 3. The summed E-state index contributed by atoms with van der Waals surface area (Å²) >= 11 is 3.43. The Bertz CT molecular complexity index is 562. The van der Waals surface area contributed by atoms with Crippen LogP contribution in [0, 0.1) is 0 Å². The highest BCUT2D eigenvalue weighted by atomic mass is 79.9. The number of carbonyl (C=O) groups excluding carboxylic acids is 1. The lowest BCUT2D eigenvalue weighted by molar-refractivity contribution is -0.139. The Hall–Kier alpha value is -1.76. The molecule has 6 nitrogen and oxygen atoms in total. The highest BCUT2D eigenvalue weighted by molar-refractivity contribution is 9.10. The fraction of sp³-hybridized carbons (Fsp3) is 0.429. The van der Waals surface area contributed by atoms with Gasteiger partial charge in [-0.3, -0.25) is 0 Å². The topological polar surface area (TPSA) is 87.7 Å². The van der Waals surface area contributed by atoms with Crippen molar-refractivity contribution in [3.8, 4) is 5.75 Å². The summed E-state index contributed by atoms with van der Waals surface area (Å²) in [5.74, 6) is -0.233. The van der Waals surface area contributed by atoms with Gasteiger partial charge >= 0.3 is 12.0 Å². The van der Waals surface area contributed by atoms with Crippen molar-refractivity contribution in [3.05, 3.63) is 27.7 Å². The van der Waals surface area contributed by atoms with E-state index in [9.17, 15) is 9.59 Å². The van der Waals surface area contributed by atoms with Gasteiger partial charge in [-0.15, -0.1) is 0 Å². The molecule has 1 aliphatic heterocycles. The zero-order valence-corrected chi connectivity index (χ0v) is 13.2. The number of fused-ring (bicyclic) bond motifs is 1. The molecule has 7 heteroatoms. The van der Waals surface area contributed by atoms with Crippen molar-refractivity contribution in [3.63, 3.8) is 0 Å². The van der Waals surface area contributed by atoms with E-state index >= 15 is 0 Å². The van der Waals surface area contributed by atoms with E-state index in [2.05, 4.69) is 26.6 Å². The zero-order valence-electron chi connectivity index (χ0n) is 11.6. The minimum absolute atomic E-state index is 0.281. The molecule has 0 aliphatic carbocycles. The molecule has 114 valence electrons. The fourth-order valence-electron chi connectivity index (χ4n) is 2.20. The first-order valence-electron chi connectivity index (χ1n) is 6.72. The normalized spacial score (nSPS) is 14.0. The number of ether oxygens (including phenoxy) is 1. The van der Waals surface area contributed by atoms with Crippen molar-refractivity contribution in [1.29, 1.82) is 0 Å². The smallest absolute Gasteiger partial charge is 0.326 e. The Labute approximate surface area is 131 Å². The first kappa shape index (κ1) is 15.6. The molecule has 1 aliphatic rings. The van der Waals surface area contributed by atoms with E-state index in [0.717, 1.165) is 27.8 Å². The fourth-order valence-corrected chi connectivity index (χ4v) is 2.75. The molecule has 0 spiro atoms. The largest absolute Gasteiger partial charge is 0.493 e. The Morgan fingerprint density at radius 3 is 2.90 bits per heavy atom. The molecule has 0 saturated heterocycles. The van der Waals surface area contributed by atoms with Gasteiger partial charge in [0.1, 0.15) is 11.8 Å². The number of benzene rings is 1. The highest BCUT2D eigenvalue weighted by Crippen LogP contribution is 2.32. The lowest BCUT2D eigenvalue weighted by Gasteiger charge is -2.14. The van der Waals surface area contributed by atoms with Crippen molar-refractivity contribution < 1.29 is 19.4 Å². The predicted octanol–water partition coefficient (Wildman–Crippen LogP) is 2.05. The summed E-state index contributed by atoms with van der Waals surface area (Å²) in [4.78, 5) is 22.6. The van der Waals surface area contributed by atoms with Gasteiger partial charge in [0, 0.05) is 23.0 Å². The Kier molecular flexibility index (Phi) is 5.06. The minimum atomic E-state index is -1.04. The van der Waals surface area contributed by atoms with Crippen molar-refractivity contribution >= 4 is 27.9 Å². The average Bonchev–Trinajstić information content (AvgIpc) is 2.89. The summed E-state index contributed by atoms with van der Waals surface area (Å²) < 4.78 is 6.50. The molecule has 0 radical (unpaired) electrons. The van der Waals surface area contributed by atoms with Crippen LogP contribution in [-0.2, 0) is 17.8 Å². The van der Waals surface area contributed by atoms with Crippen LogP contribution in [0.1, 0.15) is 24.5 Å². The molecule has 1 aromatic carbocycles. The molecule has 1 atom stereocenters. The van der Waals surface area contributed by atoms with Crippen LogP contribution in [0.4, 0.5) is 4.79 Å². The number of carboxylic acids is 1. The van der Waals surface area contributed by atoms with Crippen molar-refractivity contribution in [2.75, 3.05) is 6.61 Å². The molecule has 3 N–H and O–H groups in total. The second kappa shape index (κ2) is 6.80. The van der Waals surface area contributed by atoms with Gasteiger partial charge in [-0.2, -0.15) is 0 Å². The summed E-state index contributed by atoms with van der Waals surface area (Å²) in [6.45, 7) is 2.62. The predicted molar refractivity (Wildman–Crippen MR) is 80.4 cm³/mol. The maximum atomic E-state index is 11.7. The molecule has 1 heterocycles. The lowest BCUT2D eigenvalue weighted by atomic mass is 10.1. The van der Waals surface area contributed by atoms with Gasteiger partial charge in [-0.05, 0) is 24.1 Å². The van der Waals surface area contributed by atoms with Crippen LogP contribution >= 0.6 is 15.9 Å². The third-order valence-electron chi connectivity index (χ3n) is 3.28. The summed E-state index contributed by atoms with van der Waals surface area (Å²) in [7, 11) is 0. The van der Waals surface area contributed by atoms with Gasteiger partial charge in [-0.1, -0.05) is 22.9 Å². The molecule has 2 amide bonds. The number of halogens is 1. The number of nitrogens with one attached hydrogen (secondary N) is 2. The van der Waals surface area contributed by atoms with Crippen molar-refractivity contribution in [2.24, 2.45) is 0 Å². The van der Waals surface area contributed by atoms with Gasteiger partial charge in [0.25, 0.3) is 0 Å². The maximum Gasteiger partial charge on any atom is 0.326 e. The minimum Gasteiger partial charge on any atom is -0.493 e. The van der Waals surface area contributed by atoms with Crippen LogP contribution < -0.4 is 15.4 Å². The molecule has 0 bridgehead atoms. The van der Waals surface area contributed by atoms with Crippen molar-refractivity contribution in [1.82, 2.24) is 10.6 Å². The quantitative estimate of drug-likeness (QED) is 0.753. The Balaban J connectivity index is 1.97. The maximum absolute atomic E-state index is 11.7. The first-order valence-corrected chi connectivity index (χ1v) is 7.51.